The van der Waals surface area contributed by atoms with Crippen molar-refractivity contribution in [1.29, 1.82) is 0 Å². The molecule has 4 nitrogen and oxygen atoms in total. The van der Waals surface area contributed by atoms with Crippen LogP contribution in [-0.4, -0.2) is 23.5 Å². The van der Waals surface area contributed by atoms with Gasteiger partial charge in [0.2, 0.25) is 5.91 Å². The molecular formula is C18H23NO3. The normalized spacial score (nSPS) is 15.7. The van der Waals surface area contributed by atoms with Crippen LogP contribution in [-0.2, 0) is 16.0 Å². The fraction of sp³-hybridized carbons (Fsp3) is 0.444. The quantitative estimate of drug-likeness (QED) is 0.849. The number of hydrogen-bond donors (Lipinski definition) is 2. The van der Waals surface area contributed by atoms with Gasteiger partial charge in [-0.15, -0.1) is 0 Å². The lowest BCUT2D eigenvalue weighted by Gasteiger charge is -2.14. The molecule has 1 aliphatic carbocycles. The highest BCUT2D eigenvalue weighted by Crippen LogP contribution is 2.25. The lowest BCUT2D eigenvalue weighted by molar-refractivity contribution is -0.141. The van der Waals surface area contributed by atoms with Gasteiger partial charge in [0.15, 0.2) is 0 Å². The third-order valence-electron chi connectivity index (χ3n) is 4.19. The molecule has 1 unspecified atom stereocenters. The van der Waals surface area contributed by atoms with Gasteiger partial charge in [-0.2, -0.15) is 0 Å². The summed E-state index contributed by atoms with van der Waals surface area (Å²) in [6.07, 6.45) is 3.21. The Bertz CT molecular complexity index is 604. The van der Waals surface area contributed by atoms with E-state index in [2.05, 4.69) is 5.32 Å². The summed E-state index contributed by atoms with van der Waals surface area (Å²) in [4.78, 5) is 23.6. The fourth-order valence-corrected chi connectivity index (χ4v) is 2.89. The number of carbonyl (C=O) groups is 2. The monoisotopic (exact) mass is 301 g/mol. The third kappa shape index (κ3) is 4.20. The van der Waals surface area contributed by atoms with Gasteiger partial charge >= 0.3 is 5.97 Å². The molecule has 1 aliphatic rings. The first-order valence-corrected chi connectivity index (χ1v) is 7.72. The smallest absolute Gasteiger partial charge is 0.308 e. The van der Waals surface area contributed by atoms with Crippen LogP contribution in [0.5, 0.6) is 0 Å². The van der Waals surface area contributed by atoms with Gasteiger partial charge < -0.3 is 10.4 Å². The molecule has 0 radical (unpaired) electrons. The molecule has 0 spiro atoms. The lowest BCUT2D eigenvalue weighted by atomic mass is 9.98. The maximum atomic E-state index is 12.1. The molecule has 22 heavy (non-hydrogen) atoms. The number of nitrogens with one attached hydrogen (secondary N) is 1. The topological polar surface area (TPSA) is 66.4 Å². The molecule has 1 atom stereocenters. The zero-order chi connectivity index (χ0) is 16.1. The summed E-state index contributed by atoms with van der Waals surface area (Å²) < 4.78 is 0. The highest BCUT2D eigenvalue weighted by molar-refractivity contribution is 5.94. The third-order valence-corrected chi connectivity index (χ3v) is 4.19. The number of amides is 1. The fourth-order valence-electron chi connectivity index (χ4n) is 2.89. The number of aryl methyl sites for hydroxylation is 1. The van der Waals surface area contributed by atoms with E-state index in [-0.39, 0.29) is 12.5 Å². The number of carboxylic acids is 1. The minimum Gasteiger partial charge on any atom is -0.481 e. The molecule has 2 rings (SSSR count). The minimum absolute atomic E-state index is 0.106. The van der Waals surface area contributed by atoms with E-state index >= 15 is 0 Å². The van der Waals surface area contributed by atoms with Crippen LogP contribution in [0.15, 0.2) is 35.4 Å². The zero-order valence-corrected chi connectivity index (χ0v) is 13.2. The van der Waals surface area contributed by atoms with Gasteiger partial charge in [-0.3, -0.25) is 9.59 Å². The molecule has 0 aliphatic heterocycles. The van der Waals surface area contributed by atoms with Crippen LogP contribution < -0.4 is 5.32 Å². The van der Waals surface area contributed by atoms with Crippen molar-refractivity contribution in [2.24, 2.45) is 5.92 Å². The van der Waals surface area contributed by atoms with Crippen LogP contribution in [0.2, 0.25) is 0 Å². The summed E-state index contributed by atoms with van der Waals surface area (Å²) in [5.74, 6) is -1.59. The highest BCUT2D eigenvalue weighted by atomic mass is 16.4. The highest BCUT2D eigenvalue weighted by Gasteiger charge is 2.22. The molecule has 118 valence electrons. The number of hydrogen-bond acceptors (Lipinski definition) is 2. The van der Waals surface area contributed by atoms with Gasteiger partial charge in [0.05, 0.1) is 5.92 Å². The van der Waals surface area contributed by atoms with Crippen LogP contribution in [0, 0.1) is 12.8 Å². The van der Waals surface area contributed by atoms with E-state index in [0.29, 0.717) is 6.42 Å². The summed E-state index contributed by atoms with van der Waals surface area (Å²) in [5, 5.41) is 12.2. The van der Waals surface area contributed by atoms with E-state index < -0.39 is 11.9 Å². The molecule has 1 aromatic rings. The second-order valence-electron chi connectivity index (χ2n) is 6.05. The van der Waals surface area contributed by atoms with Crippen LogP contribution >= 0.6 is 0 Å². The molecule has 2 N–H and O–H groups in total. The Hall–Kier alpha value is -2.10. The summed E-state index contributed by atoms with van der Waals surface area (Å²) in [6.45, 7) is 4.12. The Morgan fingerprint density at radius 2 is 2.05 bits per heavy atom. The number of carbonyl (C=O) groups excluding carboxylic acids is 1. The predicted octanol–water partition coefficient (Wildman–Crippen LogP) is 2.85. The maximum Gasteiger partial charge on any atom is 0.308 e. The SMILES string of the molecule is CC1=C(C(=O)NCC(Cc2cccc(C)c2)C(=O)O)CCC1. The molecule has 1 aromatic carbocycles. The number of rotatable bonds is 6. The largest absolute Gasteiger partial charge is 0.481 e. The van der Waals surface area contributed by atoms with Crippen molar-refractivity contribution in [3.8, 4) is 0 Å². The molecule has 4 heteroatoms. The van der Waals surface area contributed by atoms with E-state index in [1.165, 1.54) is 0 Å². The maximum absolute atomic E-state index is 12.1. The Morgan fingerprint density at radius 1 is 1.27 bits per heavy atom. The average Bonchev–Trinajstić information content (AvgIpc) is 2.89. The van der Waals surface area contributed by atoms with Crippen LogP contribution in [0.3, 0.4) is 0 Å². The standard InChI is InChI=1S/C18H23NO3/c1-12-5-3-7-14(9-12)10-15(18(21)22)11-19-17(20)16-8-4-6-13(16)2/h3,5,7,9,15H,4,6,8,10-11H2,1-2H3,(H,19,20)(H,21,22). The molecule has 0 heterocycles. The first-order chi connectivity index (χ1) is 10.5. The number of aliphatic carboxylic acids is 1. The van der Waals surface area contributed by atoms with Gasteiger partial charge in [-0.1, -0.05) is 35.4 Å². The van der Waals surface area contributed by atoms with Crippen LogP contribution in [0.25, 0.3) is 0 Å². The number of benzene rings is 1. The number of carboxylic acid groups (broad SMARTS) is 1. The van der Waals surface area contributed by atoms with Gasteiger partial charge in [0, 0.05) is 12.1 Å². The van der Waals surface area contributed by atoms with Crippen molar-refractivity contribution in [2.45, 2.75) is 39.5 Å². The van der Waals surface area contributed by atoms with Crippen LogP contribution in [0.4, 0.5) is 0 Å². The van der Waals surface area contributed by atoms with E-state index in [9.17, 15) is 14.7 Å². The second-order valence-corrected chi connectivity index (χ2v) is 6.05. The lowest BCUT2D eigenvalue weighted by Crippen LogP contribution is -2.34. The van der Waals surface area contributed by atoms with Crippen molar-refractivity contribution in [3.63, 3.8) is 0 Å². The van der Waals surface area contributed by atoms with Gasteiger partial charge in [-0.25, -0.2) is 0 Å². The Labute approximate surface area is 131 Å². The van der Waals surface area contributed by atoms with Crippen molar-refractivity contribution in [3.05, 3.63) is 46.5 Å². The predicted molar refractivity (Wildman–Crippen MR) is 85.6 cm³/mol. The summed E-state index contributed by atoms with van der Waals surface area (Å²) in [7, 11) is 0. The minimum atomic E-state index is -0.876. The Kier molecular flexibility index (Phi) is 5.36. The van der Waals surface area contributed by atoms with E-state index in [0.717, 1.165) is 41.5 Å². The Balaban J connectivity index is 1.96. The first-order valence-electron chi connectivity index (χ1n) is 7.72. The summed E-state index contributed by atoms with van der Waals surface area (Å²) in [5.41, 5.74) is 4.05. The van der Waals surface area contributed by atoms with E-state index in [1.807, 2.05) is 38.1 Å². The average molecular weight is 301 g/mol. The van der Waals surface area contributed by atoms with Crippen molar-refractivity contribution in [2.75, 3.05) is 6.54 Å². The van der Waals surface area contributed by atoms with E-state index in [4.69, 9.17) is 0 Å². The summed E-state index contributed by atoms with van der Waals surface area (Å²) >= 11 is 0. The first kappa shape index (κ1) is 16.3. The van der Waals surface area contributed by atoms with Crippen molar-refractivity contribution < 1.29 is 14.7 Å². The molecule has 0 fully saturated rings. The zero-order valence-electron chi connectivity index (χ0n) is 13.2. The van der Waals surface area contributed by atoms with Gasteiger partial charge in [0.25, 0.3) is 0 Å². The molecule has 0 bridgehead atoms. The number of allylic oxidation sites excluding steroid dienone is 1. The van der Waals surface area contributed by atoms with Crippen molar-refractivity contribution >= 4 is 11.9 Å². The second kappa shape index (κ2) is 7.25. The van der Waals surface area contributed by atoms with Crippen LogP contribution in [0.1, 0.15) is 37.3 Å². The molecule has 0 saturated carbocycles. The molecule has 0 aromatic heterocycles. The van der Waals surface area contributed by atoms with Gasteiger partial charge in [0.1, 0.15) is 0 Å². The molecule has 1 amide bonds. The van der Waals surface area contributed by atoms with Crippen molar-refractivity contribution in [1.82, 2.24) is 5.32 Å². The molecule has 0 saturated heterocycles. The van der Waals surface area contributed by atoms with E-state index in [1.54, 1.807) is 0 Å². The van der Waals surface area contributed by atoms with Gasteiger partial charge in [-0.05, 0) is 45.1 Å². The molecular weight excluding hydrogens is 278 g/mol. The Morgan fingerprint density at radius 3 is 2.64 bits per heavy atom. The summed E-state index contributed by atoms with van der Waals surface area (Å²) in [6, 6.07) is 7.82.